The van der Waals surface area contributed by atoms with Crippen LogP contribution in [0.4, 0.5) is 4.39 Å². The van der Waals surface area contributed by atoms with Gasteiger partial charge in [-0.3, -0.25) is 0 Å². The number of carbonyl (C=O) groups is 1. The molecule has 0 saturated heterocycles. The minimum Gasteiger partial charge on any atom is -0.479 e. The molecule has 0 aliphatic carbocycles. The first-order valence-corrected chi connectivity index (χ1v) is 4.56. The molecule has 76 valence electrons. The number of methoxy groups -OCH3 is 1. The molecule has 14 heavy (non-hydrogen) atoms. The van der Waals surface area contributed by atoms with Crippen LogP contribution in [0, 0.1) is 5.82 Å². The van der Waals surface area contributed by atoms with Crippen molar-refractivity contribution >= 4 is 21.9 Å². The number of halogens is 2. The van der Waals surface area contributed by atoms with Gasteiger partial charge in [-0.25, -0.2) is 9.18 Å². The number of benzene rings is 1. The SMILES string of the molecule is COC(C(=O)O)c1ccc(F)cc1Br. The molecule has 1 aromatic carbocycles. The third-order valence-electron chi connectivity index (χ3n) is 1.70. The number of rotatable bonds is 3. The van der Waals surface area contributed by atoms with Gasteiger partial charge in [-0.1, -0.05) is 22.0 Å². The summed E-state index contributed by atoms with van der Waals surface area (Å²) < 4.78 is 17.8. The highest BCUT2D eigenvalue weighted by atomic mass is 79.9. The van der Waals surface area contributed by atoms with E-state index >= 15 is 0 Å². The molecule has 0 aliphatic heterocycles. The van der Waals surface area contributed by atoms with Gasteiger partial charge in [-0.05, 0) is 12.1 Å². The smallest absolute Gasteiger partial charge is 0.337 e. The molecule has 1 aromatic rings. The van der Waals surface area contributed by atoms with E-state index in [9.17, 15) is 9.18 Å². The van der Waals surface area contributed by atoms with Crippen molar-refractivity contribution in [2.24, 2.45) is 0 Å². The Morgan fingerprint density at radius 1 is 1.64 bits per heavy atom. The summed E-state index contributed by atoms with van der Waals surface area (Å²) in [5.41, 5.74) is 0.390. The maximum absolute atomic E-state index is 12.7. The van der Waals surface area contributed by atoms with E-state index in [0.29, 0.717) is 10.0 Å². The Kier molecular flexibility index (Phi) is 3.60. The zero-order valence-corrected chi connectivity index (χ0v) is 8.92. The molecule has 0 aliphatic rings. The van der Waals surface area contributed by atoms with Crippen molar-refractivity contribution in [2.45, 2.75) is 6.10 Å². The fraction of sp³-hybridized carbons (Fsp3) is 0.222. The Hall–Kier alpha value is -0.940. The van der Waals surface area contributed by atoms with Crippen molar-refractivity contribution in [1.29, 1.82) is 0 Å². The van der Waals surface area contributed by atoms with Crippen molar-refractivity contribution in [1.82, 2.24) is 0 Å². The summed E-state index contributed by atoms with van der Waals surface area (Å²) >= 11 is 3.07. The van der Waals surface area contributed by atoms with E-state index in [0.717, 1.165) is 0 Å². The van der Waals surface area contributed by atoms with Gasteiger partial charge in [0.05, 0.1) is 0 Å². The molecule has 0 saturated carbocycles. The Balaban J connectivity index is 3.10. The number of hydrogen-bond donors (Lipinski definition) is 1. The molecule has 0 radical (unpaired) electrons. The molecule has 1 unspecified atom stereocenters. The number of hydrogen-bond acceptors (Lipinski definition) is 2. The molecular formula is C9H8BrFO3. The highest BCUT2D eigenvalue weighted by Crippen LogP contribution is 2.26. The minimum atomic E-state index is -1.11. The van der Waals surface area contributed by atoms with Gasteiger partial charge < -0.3 is 9.84 Å². The van der Waals surface area contributed by atoms with Crippen LogP contribution in [0.5, 0.6) is 0 Å². The standard InChI is InChI=1S/C9H8BrFO3/c1-14-8(9(12)13)6-3-2-5(11)4-7(6)10/h2-4,8H,1H3,(H,12,13). The first kappa shape index (κ1) is 11.1. The number of ether oxygens (including phenoxy) is 1. The maximum atomic E-state index is 12.7. The second-order valence-electron chi connectivity index (χ2n) is 2.62. The zero-order chi connectivity index (χ0) is 10.7. The molecule has 0 amide bonds. The van der Waals surface area contributed by atoms with Crippen molar-refractivity contribution < 1.29 is 19.0 Å². The van der Waals surface area contributed by atoms with E-state index in [4.69, 9.17) is 9.84 Å². The molecule has 0 bridgehead atoms. The van der Waals surface area contributed by atoms with Crippen LogP contribution in [0.2, 0.25) is 0 Å². The van der Waals surface area contributed by atoms with E-state index in [-0.39, 0.29) is 0 Å². The highest BCUT2D eigenvalue weighted by molar-refractivity contribution is 9.10. The summed E-state index contributed by atoms with van der Waals surface area (Å²) in [7, 11) is 1.29. The van der Waals surface area contributed by atoms with Gasteiger partial charge in [0.2, 0.25) is 0 Å². The lowest BCUT2D eigenvalue weighted by atomic mass is 10.1. The molecule has 3 nitrogen and oxygen atoms in total. The minimum absolute atomic E-state index is 0.381. The summed E-state index contributed by atoms with van der Waals surface area (Å²) in [6.45, 7) is 0. The summed E-state index contributed by atoms with van der Waals surface area (Å²) in [5, 5.41) is 8.78. The average molecular weight is 263 g/mol. The molecule has 0 heterocycles. The van der Waals surface area contributed by atoms with E-state index in [1.54, 1.807) is 0 Å². The second-order valence-corrected chi connectivity index (χ2v) is 3.47. The molecular weight excluding hydrogens is 255 g/mol. The molecule has 1 atom stereocenters. The maximum Gasteiger partial charge on any atom is 0.337 e. The fourth-order valence-electron chi connectivity index (χ4n) is 1.07. The fourth-order valence-corrected chi connectivity index (χ4v) is 1.63. The van der Waals surface area contributed by atoms with Gasteiger partial charge in [0.25, 0.3) is 0 Å². The lowest BCUT2D eigenvalue weighted by molar-refractivity contribution is -0.148. The van der Waals surface area contributed by atoms with Gasteiger partial charge in [0, 0.05) is 17.1 Å². The van der Waals surface area contributed by atoms with E-state index in [1.807, 2.05) is 0 Å². The summed E-state index contributed by atoms with van der Waals surface area (Å²) in [6.07, 6.45) is -1.08. The normalized spacial score (nSPS) is 12.5. The molecule has 0 aromatic heterocycles. The van der Waals surface area contributed by atoms with Gasteiger partial charge in [-0.15, -0.1) is 0 Å². The van der Waals surface area contributed by atoms with Crippen molar-refractivity contribution in [2.75, 3.05) is 7.11 Å². The predicted octanol–water partition coefficient (Wildman–Crippen LogP) is 2.36. The van der Waals surface area contributed by atoms with Crippen LogP contribution in [-0.2, 0) is 9.53 Å². The molecule has 1 rings (SSSR count). The van der Waals surface area contributed by atoms with Crippen molar-refractivity contribution in [3.8, 4) is 0 Å². The Morgan fingerprint density at radius 2 is 2.29 bits per heavy atom. The van der Waals surface area contributed by atoms with Crippen LogP contribution in [-0.4, -0.2) is 18.2 Å². The van der Waals surface area contributed by atoms with E-state index in [2.05, 4.69) is 15.9 Å². The van der Waals surface area contributed by atoms with Gasteiger partial charge in [0.1, 0.15) is 5.82 Å². The quantitative estimate of drug-likeness (QED) is 0.910. The average Bonchev–Trinajstić information content (AvgIpc) is 2.09. The highest BCUT2D eigenvalue weighted by Gasteiger charge is 2.21. The van der Waals surface area contributed by atoms with Gasteiger partial charge in [0.15, 0.2) is 6.10 Å². The van der Waals surface area contributed by atoms with Gasteiger partial charge >= 0.3 is 5.97 Å². The van der Waals surface area contributed by atoms with Crippen LogP contribution in [0.1, 0.15) is 11.7 Å². The first-order chi connectivity index (χ1) is 6.56. The first-order valence-electron chi connectivity index (χ1n) is 3.77. The lowest BCUT2D eigenvalue weighted by Gasteiger charge is -2.12. The predicted molar refractivity (Wildman–Crippen MR) is 51.5 cm³/mol. The summed E-state index contributed by atoms with van der Waals surface area (Å²) in [6, 6.07) is 3.76. The van der Waals surface area contributed by atoms with Crippen LogP contribution >= 0.6 is 15.9 Å². The van der Waals surface area contributed by atoms with Crippen molar-refractivity contribution in [3.05, 3.63) is 34.1 Å². The lowest BCUT2D eigenvalue weighted by Crippen LogP contribution is -2.14. The third kappa shape index (κ3) is 2.30. The Labute approximate surface area is 88.6 Å². The van der Waals surface area contributed by atoms with Gasteiger partial charge in [-0.2, -0.15) is 0 Å². The van der Waals surface area contributed by atoms with Crippen LogP contribution < -0.4 is 0 Å². The largest absolute Gasteiger partial charge is 0.479 e. The van der Waals surface area contributed by atoms with Crippen LogP contribution in [0.3, 0.4) is 0 Å². The molecule has 5 heteroatoms. The van der Waals surface area contributed by atoms with E-state index < -0.39 is 17.9 Å². The Bertz CT molecular complexity index is 354. The third-order valence-corrected chi connectivity index (χ3v) is 2.39. The second kappa shape index (κ2) is 4.52. The summed E-state index contributed by atoms with van der Waals surface area (Å²) in [5.74, 6) is -1.54. The topological polar surface area (TPSA) is 46.5 Å². The van der Waals surface area contributed by atoms with E-state index in [1.165, 1.54) is 25.3 Å². The summed E-state index contributed by atoms with van der Waals surface area (Å²) in [4.78, 5) is 10.7. The Morgan fingerprint density at radius 3 is 2.71 bits per heavy atom. The molecule has 0 spiro atoms. The number of carboxylic acids is 1. The van der Waals surface area contributed by atoms with Crippen molar-refractivity contribution in [3.63, 3.8) is 0 Å². The molecule has 1 N–H and O–H groups in total. The monoisotopic (exact) mass is 262 g/mol. The molecule has 0 fully saturated rings. The van der Waals surface area contributed by atoms with Crippen LogP contribution in [0.25, 0.3) is 0 Å². The number of aliphatic carboxylic acids is 1. The zero-order valence-electron chi connectivity index (χ0n) is 7.33. The van der Waals surface area contributed by atoms with Crippen LogP contribution in [0.15, 0.2) is 22.7 Å². The number of carboxylic acid groups (broad SMARTS) is 1.